The summed E-state index contributed by atoms with van der Waals surface area (Å²) in [6, 6.07) is 15.7. The molecule has 26 heavy (non-hydrogen) atoms. The second kappa shape index (κ2) is 7.56. The molecule has 4 rings (SSSR count). The molecular formula is C21H24N2O3. The first kappa shape index (κ1) is 17.2. The Bertz CT molecular complexity index is 731. The zero-order valence-electron chi connectivity index (χ0n) is 14.8. The van der Waals surface area contributed by atoms with Gasteiger partial charge < -0.3 is 14.8 Å². The number of nitrogens with zero attached hydrogens (tertiary/aromatic N) is 1. The van der Waals surface area contributed by atoms with E-state index < -0.39 is 0 Å². The van der Waals surface area contributed by atoms with Gasteiger partial charge in [-0.25, -0.2) is 0 Å². The highest BCUT2D eigenvalue weighted by Crippen LogP contribution is 2.48. The van der Waals surface area contributed by atoms with Gasteiger partial charge in [0, 0.05) is 12.8 Å². The molecule has 5 nitrogen and oxygen atoms in total. The van der Waals surface area contributed by atoms with E-state index in [9.17, 15) is 4.79 Å². The molecule has 0 radical (unpaired) electrons. The maximum absolute atomic E-state index is 13.0. The summed E-state index contributed by atoms with van der Waals surface area (Å²) in [5, 5.41) is 3.20. The van der Waals surface area contributed by atoms with Crippen molar-refractivity contribution in [1.29, 1.82) is 0 Å². The van der Waals surface area contributed by atoms with Gasteiger partial charge in [0.15, 0.2) is 0 Å². The quantitative estimate of drug-likeness (QED) is 0.868. The molecule has 1 aromatic carbocycles. The zero-order chi connectivity index (χ0) is 17.8. The molecule has 1 saturated carbocycles. The van der Waals surface area contributed by atoms with Gasteiger partial charge in [-0.05, 0) is 37.0 Å². The van der Waals surface area contributed by atoms with Gasteiger partial charge in [-0.2, -0.15) is 0 Å². The van der Waals surface area contributed by atoms with E-state index in [1.165, 1.54) is 0 Å². The number of benzene rings is 1. The van der Waals surface area contributed by atoms with Gasteiger partial charge in [0.1, 0.15) is 0 Å². The lowest BCUT2D eigenvalue weighted by Gasteiger charge is -2.33. The van der Waals surface area contributed by atoms with E-state index in [4.69, 9.17) is 9.47 Å². The summed E-state index contributed by atoms with van der Waals surface area (Å²) >= 11 is 0. The Morgan fingerprint density at radius 2 is 2.00 bits per heavy atom. The number of hydrogen-bond acceptors (Lipinski definition) is 4. The van der Waals surface area contributed by atoms with Crippen LogP contribution in [0.15, 0.2) is 54.7 Å². The zero-order valence-corrected chi connectivity index (χ0v) is 14.8. The van der Waals surface area contributed by atoms with Crippen LogP contribution in [0.5, 0.6) is 0 Å². The fraction of sp³-hybridized carbons (Fsp3) is 0.429. The molecule has 5 heteroatoms. The van der Waals surface area contributed by atoms with Crippen molar-refractivity contribution in [2.75, 3.05) is 13.2 Å². The number of hydrogen-bond donors (Lipinski definition) is 1. The Morgan fingerprint density at radius 1 is 1.19 bits per heavy atom. The number of carbonyl (C=O) groups is 1. The molecule has 0 unspecified atom stereocenters. The van der Waals surface area contributed by atoms with Crippen LogP contribution in [0.3, 0.4) is 0 Å². The van der Waals surface area contributed by atoms with Crippen molar-refractivity contribution in [2.45, 2.75) is 43.4 Å². The summed E-state index contributed by atoms with van der Waals surface area (Å²) in [6.45, 7) is 1.59. The third kappa shape index (κ3) is 3.64. The predicted octanol–water partition coefficient (Wildman–Crippen LogP) is 2.60. The van der Waals surface area contributed by atoms with Crippen LogP contribution in [-0.4, -0.2) is 36.3 Å². The number of amides is 1. The molecular weight excluding hydrogens is 328 g/mol. The minimum Gasteiger partial charge on any atom is -0.379 e. The summed E-state index contributed by atoms with van der Waals surface area (Å²) < 4.78 is 11.7. The topological polar surface area (TPSA) is 60.5 Å². The van der Waals surface area contributed by atoms with Gasteiger partial charge >= 0.3 is 0 Å². The fourth-order valence-corrected chi connectivity index (χ4v) is 3.56. The van der Waals surface area contributed by atoms with Crippen molar-refractivity contribution in [3.8, 4) is 0 Å². The van der Waals surface area contributed by atoms with Crippen LogP contribution < -0.4 is 5.32 Å². The lowest BCUT2D eigenvalue weighted by Crippen LogP contribution is -2.53. The molecule has 0 bridgehead atoms. The third-order valence-electron chi connectivity index (χ3n) is 5.29. The molecule has 1 aliphatic heterocycles. The van der Waals surface area contributed by atoms with Gasteiger partial charge in [0.25, 0.3) is 0 Å². The summed E-state index contributed by atoms with van der Waals surface area (Å²) in [7, 11) is 0. The first-order chi connectivity index (χ1) is 12.8. The van der Waals surface area contributed by atoms with Gasteiger partial charge in [-0.15, -0.1) is 0 Å². The van der Waals surface area contributed by atoms with Crippen LogP contribution in [-0.2, 0) is 26.3 Å². The Balaban J connectivity index is 1.40. The normalized spacial score (nSPS) is 24.0. The fourth-order valence-electron chi connectivity index (χ4n) is 3.56. The Kier molecular flexibility index (Phi) is 5.00. The molecule has 1 saturated heterocycles. The van der Waals surface area contributed by atoms with Crippen LogP contribution in [0.1, 0.15) is 30.5 Å². The molecule has 1 N–H and O–H groups in total. The van der Waals surface area contributed by atoms with Crippen molar-refractivity contribution in [1.82, 2.24) is 10.3 Å². The average Bonchev–Trinajstić information content (AvgIpc) is 3.51. The highest BCUT2D eigenvalue weighted by molar-refractivity contribution is 5.91. The highest BCUT2D eigenvalue weighted by atomic mass is 16.5. The number of ether oxygens (including phenoxy) is 2. The highest BCUT2D eigenvalue weighted by Gasteiger charge is 2.52. The number of rotatable bonds is 6. The van der Waals surface area contributed by atoms with Gasteiger partial charge in [-0.3, -0.25) is 9.78 Å². The number of pyridine rings is 1. The maximum Gasteiger partial charge on any atom is 0.231 e. The molecule has 1 amide bonds. The summed E-state index contributed by atoms with van der Waals surface area (Å²) in [6.07, 6.45) is 4.28. The minimum absolute atomic E-state index is 0.0544. The van der Waals surface area contributed by atoms with Crippen LogP contribution in [0, 0.1) is 0 Å². The molecule has 2 aliphatic rings. The third-order valence-corrected chi connectivity index (χ3v) is 5.29. The largest absolute Gasteiger partial charge is 0.379 e. The van der Waals surface area contributed by atoms with Gasteiger partial charge in [-0.1, -0.05) is 36.4 Å². The molecule has 0 spiro atoms. The van der Waals surface area contributed by atoms with E-state index in [1.54, 1.807) is 6.20 Å². The summed E-state index contributed by atoms with van der Waals surface area (Å²) in [5.41, 5.74) is 1.62. The molecule has 2 fully saturated rings. The van der Waals surface area contributed by atoms with Crippen molar-refractivity contribution < 1.29 is 14.3 Å². The number of carbonyl (C=O) groups excluding carboxylic acids is 1. The first-order valence-electron chi connectivity index (χ1n) is 9.24. The van der Waals surface area contributed by atoms with Gasteiger partial charge in [0.2, 0.25) is 5.91 Å². The van der Waals surface area contributed by atoms with E-state index >= 15 is 0 Å². The van der Waals surface area contributed by atoms with Crippen LogP contribution in [0.4, 0.5) is 0 Å². The standard InChI is InChI=1S/C21H24N2O3/c24-20(21(10-11-21)16-6-2-1-3-7-16)23-18-15-25-13-9-19(18)26-14-17-8-4-5-12-22-17/h1-8,12,18-19H,9-11,13-15H2,(H,23,24)/t18-,19-/m1/s1. The maximum atomic E-state index is 13.0. The smallest absolute Gasteiger partial charge is 0.231 e. The number of nitrogens with one attached hydrogen (secondary N) is 1. The SMILES string of the molecule is O=C(N[C@@H]1COCC[C@H]1OCc1ccccn1)C1(c2ccccc2)CC1. The van der Waals surface area contributed by atoms with Gasteiger partial charge in [0.05, 0.1) is 36.5 Å². The van der Waals surface area contributed by atoms with Crippen LogP contribution >= 0.6 is 0 Å². The molecule has 2 atom stereocenters. The summed E-state index contributed by atoms with van der Waals surface area (Å²) in [5.74, 6) is 0.0886. The van der Waals surface area contributed by atoms with Crippen molar-refractivity contribution in [2.24, 2.45) is 0 Å². The molecule has 1 aliphatic carbocycles. The van der Waals surface area contributed by atoms with Crippen molar-refractivity contribution in [3.63, 3.8) is 0 Å². The monoisotopic (exact) mass is 352 g/mol. The van der Waals surface area contributed by atoms with Crippen LogP contribution in [0.2, 0.25) is 0 Å². The predicted molar refractivity (Wildman–Crippen MR) is 97.5 cm³/mol. The second-order valence-electron chi connectivity index (χ2n) is 7.06. The Morgan fingerprint density at radius 3 is 2.73 bits per heavy atom. The van der Waals surface area contributed by atoms with E-state index in [2.05, 4.69) is 10.3 Å². The van der Waals surface area contributed by atoms with Crippen molar-refractivity contribution >= 4 is 5.91 Å². The van der Waals surface area contributed by atoms with E-state index in [0.29, 0.717) is 19.8 Å². The second-order valence-corrected chi connectivity index (χ2v) is 7.06. The van der Waals surface area contributed by atoms with E-state index in [-0.39, 0.29) is 23.5 Å². The average molecular weight is 352 g/mol. The molecule has 2 aromatic rings. The van der Waals surface area contributed by atoms with E-state index in [1.807, 2.05) is 48.5 Å². The number of aromatic nitrogens is 1. The molecule has 2 heterocycles. The molecule has 1 aromatic heterocycles. The lowest BCUT2D eigenvalue weighted by atomic mass is 9.94. The van der Waals surface area contributed by atoms with Crippen molar-refractivity contribution in [3.05, 3.63) is 66.0 Å². The molecule has 136 valence electrons. The lowest BCUT2D eigenvalue weighted by molar-refractivity contribution is -0.129. The minimum atomic E-state index is -0.371. The van der Waals surface area contributed by atoms with E-state index in [0.717, 1.165) is 30.5 Å². The van der Waals surface area contributed by atoms with Crippen LogP contribution in [0.25, 0.3) is 0 Å². The Labute approximate surface area is 153 Å². The first-order valence-corrected chi connectivity index (χ1v) is 9.24. The Hall–Kier alpha value is -2.24. The summed E-state index contributed by atoms with van der Waals surface area (Å²) in [4.78, 5) is 17.3.